The third-order valence-corrected chi connectivity index (χ3v) is 10.6. The molecule has 2 atom stereocenters. The van der Waals surface area contributed by atoms with Crippen molar-refractivity contribution in [1.82, 2.24) is 0 Å². The molecule has 84 valence electrons. The van der Waals surface area contributed by atoms with Gasteiger partial charge in [-0.25, -0.2) is 0 Å². The average molecular weight is 215 g/mol. The van der Waals surface area contributed by atoms with Crippen LogP contribution in [0.15, 0.2) is 0 Å². The molecular weight excluding hydrogens is 187 g/mol. The fourth-order valence-electron chi connectivity index (χ4n) is 3.02. The van der Waals surface area contributed by atoms with Gasteiger partial charge >= 0.3 is 0 Å². The molecule has 14 heavy (non-hydrogen) atoms. The standard InChI is InChI=1S/C13H28P/c1-5-12(3)14(4,6-2)13-10-8-7-9-11-13/h12-13H,5-11H2,1-4H3/q+1. The second kappa shape index (κ2) is 5.50. The van der Waals surface area contributed by atoms with Crippen LogP contribution in [0.25, 0.3) is 0 Å². The van der Waals surface area contributed by atoms with Gasteiger partial charge in [-0.2, -0.15) is 0 Å². The summed E-state index contributed by atoms with van der Waals surface area (Å²) in [7, 11) is -0.617. The van der Waals surface area contributed by atoms with Crippen LogP contribution in [0.1, 0.15) is 59.3 Å². The highest BCUT2D eigenvalue weighted by atomic mass is 31.2. The highest BCUT2D eigenvalue weighted by Gasteiger charge is 2.43. The SMILES string of the molecule is CCC(C)[P+](C)(CC)C1CCCCC1. The molecule has 0 aromatic heterocycles. The van der Waals surface area contributed by atoms with Crippen molar-refractivity contribution in [3.63, 3.8) is 0 Å². The minimum atomic E-state index is -0.617. The van der Waals surface area contributed by atoms with Gasteiger partial charge in [-0.15, -0.1) is 0 Å². The third-order valence-electron chi connectivity index (χ3n) is 4.69. The maximum Gasteiger partial charge on any atom is 0.0697 e. The summed E-state index contributed by atoms with van der Waals surface area (Å²) in [4.78, 5) is 0. The minimum absolute atomic E-state index is 0.617. The summed E-state index contributed by atoms with van der Waals surface area (Å²) < 4.78 is 0. The highest BCUT2D eigenvalue weighted by Crippen LogP contribution is 2.67. The van der Waals surface area contributed by atoms with Gasteiger partial charge < -0.3 is 0 Å². The van der Waals surface area contributed by atoms with Crippen molar-refractivity contribution in [2.24, 2.45) is 0 Å². The molecule has 0 spiro atoms. The quantitative estimate of drug-likeness (QED) is 0.592. The lowest BCUT2D eigenvalue weighted by molar-refractivity contribution is 0.505. The van der Waals surface area contributed by atoms with E-state index in [9.17, 15) is 0 Å². The molecule has 0 radical (unpaired) electrons. The monoisotopic (exact) mass is 215 g/mol. The first-order valence-electron chi connectivity index (χ1n) is 6.50. The van der Waals surface area contributed by atoms with Crippen LogP contribution >= 0.6 is 7.26 Å². The number of hydrogen-bond donors (Lipinski definition) is 0. The van der Waals surface area contributed by atoms with Crippen LogP contribution in [-0.2, 0) is 0 Å². The van der Waals surface area contributed by atoms with Crippen LogP contribution in [-0.4, -0.2) is 24.1 Å². The summed E-state index contributed by atoms with van der Waals surface area (Å²) >= 11 is 0. The van der Waals surface area contributed by atoms with Crippen molar-refractivity contribution >= 4 is 7.26 Å². The van der Waals surface area contributed by atoms with Crippen LogP contribution in [0.5, 0.6) is 0 Å². The van der Waals surface area contributed by atoms with Gasteiger partial charge in [0, 0.05) is 13.9 Å². The molecule has 0 N–H and O–H groups in total. The van der Waals surface area contributed by atoms with E-state index in [0.717, 1.165) is 11.3 Å². The first-order chi connectivity index (χ1) is 6.65. The Hall–Kier alpha value is 0.430. The molecule has 2 unspecified atom stereocenters. The molecule has 0 amide bonds. The van der Waals surface area contributed by atoms with Crippen molar-refractivity contribution in [2.75, 3.05) is 12.8 Å². The zero-order chi connectivity index (χ0) is 10.6. The smallest absolute Gasteiger partial charge is 0.0617 e. The minimum Gasteiger partial charge on any atom is -0.0617 e. The lowest BCUT2D eigenvalue weighted by atomic mass is 10.0. The van der Waals surface area contributed by atoms with Crippen LogP contribution in [0.4, 0.5) is 0 Å². The Bertz CT molecular complexity index is 161. The van der Waals surface area contributed by atoms with Crippen LogP contribution in [0, 0.1) is 0 Å². The van der Waals surface area contributed by atoms with Crippen molar-refractivity contribution in [1.29, 1.82) is 0 Å². The molecule has 1 rings (SSSR count). The molecule has 0 nitrogen and oxygen atoms in total. The fraction of sp³-hybridized carbons (Fsp3) is 1.00. The van der Waals surface area contributed by atoms with Gasteiger partial charge in [0.15, 0.2) is 0 Å². The van der Waals surface area contributed by atoms with Gasteiger partial charge in [-0.05, 0) is 46.0 Å². The van der Waals surface area contributed by atoms with E-state index in [4.69, 9.17) is 0 Å². The van der Waals surface area contributed by atoms with E-state index in [1.165, 1.54) is 31.8 Å². The largest absolute Gasteiger partial charge is 0.0697 e. The highest BCUT2D eigenvalue weighted by molar-refractivity contribution is 7.76. The van der Waals surface area contributed by atoms with Gasteiger partial charge in [-0.3, -0.25) is 0 Å². The maximum atomic E-state index is 2.65. The first kappa shape index (κ1) is 12.5. The van der Waals surface area contributed by atoms with Crippen LogP contribution in [0.3, 0.4) is 0 Å². The predicted molar refractivity (Wildman–Crippen MR) is 70.0 cm³/mol. The Balaban J connectivity index is 2.65. The molecule has 0 heterocycles. The summed E-state index contributed by atoms with van der Waals surface area (Å²) in [5.41, 5.74) is 2.13. The molecule has 1 fully saturated rings. The van der Waals surface area contributed by atoms with E-state index < -0.39 is 7.26 Å². The summed E-state index contributed by atoms with van der Waals surface area (Å²) in [5.74, 6) is 0. The lowest BCUT2D eigenvalue weighted by Gasteiger charge is -2.37. The predicted octanol–water partition coefficient (Wildman–Crippen LogP) is 4.78. The summed E-state index contributed by atoms with van der Waals surface area (Å²) in [6.45, 7) is 9.97. The molecule has 1 aliphatic rings. The normalized spacial score (nSPS) is 25.7. The topological polar surface area (TPSA) is 0 Å². The van der Waals surface area contributed by atoms with Crippen molar-refractivity contribution in [3.05, 3.63) is 0 Å². The molecule has 0 bridgehead atoms. The van der Waals surface area contributed by atoms with E-state index in [2.05, 4.69) is 27.4 Å². The average Bonchev–Trinajstić information content (AvgIpc) is 2.28. The van der Waals surface area contributed by atoms with Crippen molar-refractivity contribution in [2.45, 2.75) is 70.6 Å². The van der Waals surface area contributed by atoms with Crippen molar-refractivity contribution in [3.8, 4) is 0 Å². The Morgan fingerprint density at radius 3 is 2.14 bits per heavy atom. The van der Waals surface area contributed by atoms with Crippen LogP contribution < -0.4 is 0 Å². The molecule has 1 saturated carbocycles. The van der Waals surface area contributed by atoms with E-state index in [1.54, 1.807) is 12.8 Å². The van der Waals surface area contributed by atoms with Gasteiger partial charge in [0.1, 0.15) is 0 Å². The van der Waals surface area contributed by atoms with Gasteiger partial charge in [0.25, 0.3) is 0 Å². The Morgan fingerprint density at radius 2 is 1.71 bits per heavy atom. The molecule has 1 heteroatoms. The van der Waals surface area contributed by atoms with Gasteiger partial charge in [0.2, 0.25) is 0 Å². The van der Waals surface area contributed by atoms with Crippen molar-refractivity contribution < 1.29 is 0 Å². The molecular formula is C13H28P+. The second-order valence-corrected chi connectivity index (χ2v) is 10.2. The molecule has 0 aromatic rings. The van der Waals surface area contributed by atoms with E-state index in [0.29, 0.717) is 0 Å². The van der Waals surface area contributed by atoms with Gasteiger partial charge in [0.05, 0.1) is 17.5 Å². The zero-order valence-corrected chi connectivity index (χ0v) is 11.4. The Kier molecular flexibility index (Phi) is 4.91. The van der Waals surface area contributed by atoms with Gasteiger partial charge in [-0.1, -0.05) is 13.3 Å². The summed E-state index contributed by atoms with van der Waals surface area (Å²) in [5, 5.41) is 0. The molecule has 0 saturated heterocycles. The third kappa shape index (κ3) is 2.51. The summed E-state index contributed by atoms with van der Waals surface area (Å²) in [6, 6.07) is 0. The second-order valence-electron chi connectivity index (χ2n) is 5.21. The Morgan fingerprint density at radius 1 is 1.14 bits per heavy atom. The lowest BCUT2D eigenvalue weighted by Crippen LogP contribution is -2.25. The maximum absolute atomic E-state index is 2.65. The molecule has 0 aliphatic heterocycles. The first-order valence-corrected chi connectivity index (χ1v) is 9.06. The summed E-state index contributed by atoms with van der Waals surface area (Å²) in [6.07, 6.45) is 10.5. The number of hydrogen-bond acceptors (Lipinski definition) is 0. The zero-order valence-electron chi connectivity index (χ0n) is 10.6. The fourth-order valence-corrected chi connectivity index (χ4v) is 7.26. The number of rotatable bonds is 4. The van der Waals surface area contributed by atoms with E-state index >= 15 is 0 Å². The van der Waals surface area contributed by atoms with Crippen LogP contribution in [0.2, 0.25) is 0 Å². The van der Waals surface area contributed by atoms with E-state index in [1.807, 2.05) is 0 Å². The molecule has 1 aliphatic carbocycles. The Labute approximate surface area is 91.2 Å². The molecule has 0 aromatic carbocycles. The van der Waals surface area contributed by atoms with E-state index in [-0.39, 0.29) is 0 Å².